The number of benzene rings is 1. The predicted octanol–water partition coefficient (Wildman–Crippen LogP) is 5.16. The number of nitrogens with one attached hydrogen (secondary N) is 1. The van der Waals surface area contributed by atoms with Crippen molar-refractivity contribution in [1.29, 1.82) is 0 Å². The second kappa shape index (κ2) is 5.45. The van der Waals surface area contributed by atoms with Crippen LogP contribution in [-0.4, -0.2) is 9.97 Å². The number of thioether (sulfide) groups is 1. The molecule has 0 bridgehead atoms. The average Bonchev–Trinajstić information content (AvgIpc) is 2.80. The lowest BCUT2D eigenvalue weighted by atomic mass is 10.3. The molecular formula is C14H10Cl2N2S. The van der Waals surface area contributed by atoms with Gasteiger partial charge in [-0.3, -0.25) is 0 Å². The minimum Gasteiger partial charge on any atom is -0.350 e. The third kappa shape index (κ3) is 2.89. The summed E-state index contributed by atoms with van der Waals surface area (Å²) in [5, 5.41) is 3.41. The van der Waals surface area contributed by atoms with Crippen LogP contribution in [0.25, 0.3) is 10.9 Å². The van der Waals surface area contributed by atoms with E-state index in [4.69, 9.17) is 23.2 Å². The maximum absolute atomic E-state index is 6.13. The summed E-state index contributed by atoms with van der Waals surface area (Å²) < 4.78 is 0. The fourth-order valence-corrected chi connectivity index (χ4v) is 3.27. The Morgan fingerprint density at radius 2 is 2.00 bits per heavy atom. The van der Waals surface area contributed by atoms with Gasteiger partial charge in [0.25, 0.3) is 0 Å². The summed E-state index contributed by atoms with van der Waals surface area (Å²) in [4.78, 5) is 7.42. The van der Waals surface area contributed by atoms with Crippen LogP contribution < -0.4 is 0 Å². The van der Waals surface area contributed by atoms with Crippen molar-refractivity contribution in [3.8, 4) is 0 Å². The molecule has 2 nitrogen and oxygen atoms in total. The second-order valence-electron chi connectivity index (χ2n) is 4.11. The Bertz CT molecular complexity index is 691. The van der Waals surface area contributed by atoms with Crippen molar-refractivity contribution in [3.63, 3.8) is 0 Å². The Morgan fingerprint density at radius 1 is 1.16 bits per heavy atom. The highest BCUT2D eigenvalue weighted by atomic mass is 35.5. The topological polar surface area (TPSA) is 28.7 Å². The quantitative estimate of drug-likeness (QED) is 0.534. The number of para-hydroxylation sites is 1. The van der Waals surface area contributed by atoms with Gasteiger partial charge in [-0.1, -0.05) is 41.4 Å². The van der Waals surface area contributed by atoms with Crippen LogP contribution in [0.4, 0.5) is 0 Å². The van der Waals surface area contributed by atoms with Gasteiger partial charge in [-0.15, -0.1) is 11.8 Å². The molecule has 0 aliphatic rings. The number of aromatic amines is 1. The molecule has 1 aromatic carbocycles. The van der Waals surface area contributed by atoms with E-state index >= 15 is 0 Å². The fraction of sp³-hybridized carbons (Fsp3) is 0.0714. The predicted molar refractivity (Wildman–Crippen MR) is 82.1 cm³/mol. The zero-order valence-corrected chi connectivity index (χ0v) is 12.2. The maximum Gasteiger partial charge on any atom is 0.130 e. The number of H-pyrrole nitrogens is 1. The summed E-state index contributed by atoms with van der Waals surface area (Å²) in [6.07, 6.45) is 1.72. The Kier molecular flexibility index (Phi) is 3.69. The number of hydrogen-bond donors (Lipinski definition) is 1. The van der Waals surface area contributed by atoms with Crippen LogP contribution in [0.3, 0.4) is 0 Å². The van der Waals surface area contributed by atoms with Gasteiger partial charge in [-0.25, -0.2) is 4.98 Å². The number of fused-ring (bicyclic) bond motifs is 1. The standard InChI is InChI=1S/C14H10Cl2N2S/c15-11-6-13(16)17-7-10(11)8-19-14-5-9-3-1-2-4-12(9)18-14/h1-7,18H,8H2. The molecular weight excluding hydrogens is 299 g/mol. The summed E-state index contributed by atoms with van der Waals surface area (Å²) >= 11 is 13.6. The van der Waals surface area contributed by atoms with E-state index in [-0.39, 0.29) is 0 Å². The fourth-order valence-electron chi connectivity index (χ4n) is 1.82. The first-order valence-corrected chi connectivity index (χ1v) is 7.47. The minimum absolute atomic E-state index is 0.421. The molecule has 0 aliphatic carbocycles. The molecule has 0 fully saturated rings. The van der Waals surface area contributed by atoms with Crippen LogP contribution in [-0.2, 0) is 5.75 Å². The number of pyridine rings is 1. The number of rotatable bonds is 3. The van der Waals surface area contributed by atoms with Gasteiger partial charge < -0.3 is 4.98 Å². The van der Waals surface area contributed by atoms with E-state index in [0.29, 0.717) is 10.2 Å². The van der Waals surface area contributed by atoms with Crippen LogP contribution in [0.1, 0.15) is 5.56 Å². The van der Waals surface area contributed by atoms with Gasteiger partial charge in [-0.05, 0) is 23.8 Å². The van der Waals surface area contributed by atoms with Gasteiger partial charge in [0, 0.05) is 27.9 Å². The first-order chi connectivity index (χ1) is 9.22. The second-order valence-corrected chi connectivity index (χ2v) is 5.92. The molecule has 2 aromatic heterocycles. The normalized spacial score (nSPS) is 11.1. The number of halogens is 2. The Hall–Kier alpha value is -1.16. The van der Waals surface area contributed by atoms with Crippen molar-refractivity contribution in [1.82, 2.24) is 9.97 Å². The van der Waals surface area contributed by atoms with E-state index < -0.39 is 0 Å². The summed E-state index contributed by atoms with van der Waals surface area (Å²) in [7, 11) is 0. The van der Waals surface area contributed by atoms with Crippen molar-refractivity contribution in [2.45, 2.75) is 10.8 Å². The van der Waals surface area contributed by atoms with Crippen molar-refractivity contribution in [3.05, 3.63) is 58.3 Å². The van der Waals surface area contributed by atoms with Crippen molar-refractivity contribution in [2.75, 3.05) is 0 Å². The molecule has 2 heterocycles. The van der Waals surface area contributed by atoms with Crippen LogP contribution in [0.2, 0.25) is 10.2 Å². The van der Waals surface area contributed by atoms with Crippen LogP contribution in [0.5, 0.6) is 0 Å². The first kappa shape index (κ1) is 12.9. The molecule has 19 heavy (non-hydrogen) atoms. The zero-order chi connectivity index (χ0) is 13.2. The third-order valence-corrected chi connectivity index (χ3v) is 4.33. The number of aromatic nitrogens is 2. The first-order valence-electron chi connectivity index (χ1n) is 5.73. The zero-order valence-electron chi connectivity index (χ0n) is 9.86. The largest absolute Gasteiger partial charge is 0.350 e. The lowest BCUT2D eigenvalue weighted by Gasteiger charge is -2.02. The van der Waals surface area contributed by atoms with E-state index in [1.54, 1.807) is 24.0 Å². The molecule has 5 heteroatoms. The minimum atomic E-state index is 0.421. The lowest BCUT2D eigenvalue weighted by molar-refractivity contribution is 1.21. The maximum atomic E-state index is 6.13. The van der Waals surface area contributed by atoms with Gasteiger partial charge in [0.1, 0.15) is 5.15 Å². The van der Waals surface area contributed by atoms with E-state index in [0.717, 1.165) is 21.9 Å². The van der Waals surface area contributed by atoms with Gasteiger partial charge in [0.2, 0.25) is 0 Å². The Labute approximate surface area is 125 Å². The highest BCUT2D eigenvalue weighted by Crippen LogP contribution is 2.29. The van der Waals surface area contributed by atoms with Gasteiger partial charge in [0.15, 0.2) is 0 Å². The molecule has 0 spiro atoms. The van der Waals surface area contributed by atoms with Gasteiger partial charge in [0.05, 0.1) is 5.03 Å². The molecule has 0 atom stereocenters. The monoisotopic (exact) mass is 308 g/mol. The molecule has 96 valence electrons. The van der Waals surface area contributed by atoms with E-state index in [1.165, 1.54) is 5.39 Å². The summed E-state index contributed by atoms with van der Waals surface area (Å²) in [6.45, 7) is 0. The van der Waals surface area contributed by atoms with E-state index in [1.807, 2.05) is 12.1 Å². The molecule has 0 aliphatic heterocycles. The smallest absolute Gasteiger partial charge is 0.130 e. The summed E-state index contributed by atoms with van der Waals surface area (Å²) in [6, 6.07) is 12.0. The molecule has 0 unspecified atom stereocenters. The molecule has 0 radical (unpaired) electrons. The SMILES string of the molecule is Clc1cc(Cl)c(CSc2cc3ccccc3[nH]2)cn1. The highest BCUT2D eigenvalue weighted by molar-refractivity contribution is 7.98. The average molecular weight is 309 g/mol. The summed E-state index contributed by atoms with van der Waals surface area (Å²) in [5.41, 5.74) is 2.13. The van der Waals surface area contributed by atoms with Crippen molar-refractivity contribution >= 4 is 45.9 Å². The molecule has 3 aromatic rings. The lowest BCUT2D eigenvalue weighted by Crippen LogP contribution is -1.85. The van der Waals surface area contributed by atoms with Crippen molar-refractivity contribution < 1.29 is 0 Å². The molecule has 1 N–H and O–H groups in total. The Balaban J connectivity index is 1.78. The summed E-state index contributed by atoms with van der Waals surface area (Å²) in [5.74, 6) is 0.760. The van der Waals surface area contributed by atoms with Crippen LogP contribution >= 0.6 is 35.0 Å². The highest BCUT2D eigenvalue weighted by Gasteiger charge is 2.05. The van der Waals surface area contributed by atoms with Crippen LogP contribution in [0, 0.1) is 0 Å². The van der Waals surface area contributed by atoms with E-state index in [9.17, 15) is 0 Å². The Morgan fingerprint density at radius 3 is 2.79 bits per heavy atom. The molecule has 0 amide bonds. The van der Waals surface area contributed by atoms with E-state index in [2.05, 4.69) is 28.2 Å². The van der Waals surface area contributed by atoms with Crippen molar-refractivity contribution in [2.24, 2.45) is 0 Å². The molecule has 3 rings (SSSR count). The van der Waals surface area contributed by atoms with Gasteiger partial charge in [-0.2, -0.15) is 0 Å². The molecule has 0 saturated heterocycles. The van der Waals surface area contributed by atoms with Gasteiger partial charge >= 0.3 is 0 Å². The molecule has 0 saturated carbocycles. The number of hydrogen-bond acceptors (Lipinski definition) is 2. The van der Waals surface area contributed by atoms with Crippen LogP contribution in [0.15, 0.2) is 47.6 Å². The third-order valence-electron chi connectivity index (χ3n) is 2.78. The number of nitrogens with zero attached hydrogens (tertiary/aromatic N) is 1.